The first-order valence-corrected chi connectivity index (χ1v) is 10.8. The fourth-order valence-electron chi connectivity index (χ4n) is 3.78. The Morgan fingerprint density at radius 1 is 1.38 bits per heavy atom. The van der Waals surface area contributed by atoms with Crippen LogP contribution in [-0.2, 0) is 9.59 Å². The number of furan rings is 1. The third-order valence-electron chi connectivity index (χ3n) is 5.24. The van der Waals surface area contributed by atoms with E-state index in [1.165, 1.54) is 16.7 Å². The second-order valence-electron chi connectivity index (χ2n) is 7.07. The van der Waals surface area contributed by atoms with Gasteiger partial charge in [-0.25, -0.2) is 0 Å². The molecule has 0 spiro atoms. The summed E-state index contributed by atoms with van der Waals surface area (Å²) in [7, 11) is 0. The molecule has 2 fully saturated rings. The van der Waals surface area contributed by atoms with Crippen LogP contribution in [-0.4, -0.2) is 43.5 Å². The molecule has 2 saturated heterocycles. The van der Waals surface area contributed by atoms with Gasteiger partial charge in [-0.1, -0.05) is 30.0 Å². The number of nitrogens with zero attached hydrogens (tertiary/aromatic N) is 3. The highest BCUT2D eigenvalue weighted by Crippen LogP contribution is 2.36. The summed E-state index contributed by atoms with van der Waals surface area (Å²) >= 11 is 6.62. The van der Waals surface area contributed by atoms with E-state index in [2.05, 4.69) is 4.98 Å². The van der Waals surface area contributed by atoms with Gasteiger partial charge in [0, 0.05) is 25.0 Å². The van der Waals surface area contributed by atoms with Crippen molar-refractivity contribution in [2.75, 3.05) is 6.54 Å². The summed E-state index contributed by atoms with van der Waals surface area (Å²) in [6.07, 6.45) is 9.65. The van der Waals surface area contributed by atoms with Gasteiger partial charge in [0.15, 0.2) is 0 Å². The minimum atomic E-state index is -0.665. The molecule has 4 rings (SSSR count). The van der Waals surface area contributed by atoms with Crippen LogP contribution in [0.25, 0.3) is 6.08 Å². The Kier molecular flexibility index (Phi) is 5.82. The van der Waals surface area contributed by atoms with Gasteiger partial charge in [0.25, 0.3) is 5.91 Å². The van der Waals surface area contributed by atoms with Crippen LogP contribution in [0.2, 0.25) is 0 Å². The number of aromatic nitrogens is 1. The highest BCUT2D eigenvalue weighted by Gasteiger charge is 2.41. The summed E-state index contributed by atoms with van der Waals surface area (Å²) in [5.41, 5.74) is 1.02. The van der Waals surface area contributed by atoms with E-state index in [4.69, 9.17) is 16.6 Å². The van der Waals surface area contributed by atoms with Crippen molar-refractivity contribution in [3.63, 3.8) is 0 Å². The number of rotatable bonds is 4. The van der Waals surface area contributed by atoms with Crippen molar-refractivity contribution in [3.05, 3.63) is 59.2 Å². The summed E-state index contributed by atoms with van der Waals surface area (Å²) in [4.78, 5) is 34.3. The van der Waals surface area contributed by atoms with Crippen molar-refractivity contribution in [1.29, 1.82) is 0 Å². The lowest BCUT2D eigenvalue weighted by Gasteiger charge is -2.38. The first-order valence-electron chi connectivity index (χ1n) is 9.57. The molecule has 0 aromatic carbocycles. The number of carbonyl (C=O) groups is 2. The second-order valence-corrected chi connectivity index (χ2v) is 8.75. The molecule has 0 bridgehead atoms. The summed E-state index contributed by atoms with van der Waals surface area (Å²) in [6, 6.07) is 6.73. The molecule has 4 heterocycles. The van der Waals surface area contributed by atoms with E-state index in [1.807, 2.05) is 23.2 Å². The molecule has 0 aliphatic carbocycles. The van der Waals surface area contributed by atoms with Gasteiger partial charge in [0.2, 0.25) is 5.91 Å². The molecule has 150 valence electrons. The number of thiocarbonyl (C=S) groups is 1. The molecule has 0 radical (unpaired) electrons. The van der Waals surface area contributed by atoms with Crippen LogP contribution in [0.5, 0.6) is 0 Å². The Bertz CT molecular complexity index is 943. The summed E-state index contributed by atoms with van der Waals surface area (Å²) < 4.78 is 5.69. The van der Waals surface area contributed by atoms with E-state index in [0.717, 1.165) is 24.8 Å². The van der Waals surface area contributed by atoms with Gasteiger partial charge in [-0.15, -0.1) is 0 Å². The molecular weight excluding hydrogens is 406 g/mol. The average Bonchev–Trinajstić information content (AvgIpc) is 3.35. The lowest BCUT2D eigenvalue weighted by Crippen LogP contribution is -2.51. The molecule has 2 aromatic heterocycles. The topological polar surface area (TPSA) is 66.7 Å². The van der Waals surface area contributed by atoms with Gasteiger partial charge >= 0.3 is 0 Å². The summed E-state index contributed by atoms with van der Waals surface area (Å²) in [5.74, 6) is 0.235. The van der Waals surface area contributed by atoms with Crippen molar-refractivity contribution in [2.45, 2.75) is 38.3 Å². The van der Waals surface area contributed by atoms with Gasteiger partial charge in [-0.2, -0.15) is 0 Å². The third kappa shape index (κ3) is 4.00. The number of hydrogen-bond acceptors (Lipinski definition) is 6. The Balaban J connectivity index is 1.55. The second kappa shape index (κ2) is 8.51. The Hall–Kier alpha value is -2.45. The van der Waals surface area contributed by atoms with Crippen molar-refractivity contribution in [1.82, 2.24) is 14.8 Å². The monoisotopic (exact) mass is 427 g/mol. The normalized spacial score (nSPS) is 22.4. The van der Waals surface area contributed by atoms with Crippen molar-refractivity contribution < 1.29 is 14.0 Å². The van der Waals surface area contributed by atoms with E-state index in [1.54, 1.807) is 37.6 Å². The van der Waals surface area contributed by atoms with Gasteiger partial charge in [-0.05, 0) is 49.9 Å². The fourth-order valence-corrected chi connectivity index (χ4v) is 5.18. The maximum Gasteiger partial charge on any atom is 0.267 e. The SMILES string of the molecule is C[C@@H](C(=O)N1CCCC[C@H]1c1cccnc1)N1C(=O)/C(=C\c2ccco2)SC1=S. The molecule has 2 aliphatic rings. The first kappa shape index (κ1) is 19.8. The van der Waals surface area contributed by atoms with Gasteiger partial charge in [0.05, 0.1) is 17.2 Å². The number of piperidine rings is 1. The van der Waals surface area contributed by atoms with E-state index < -0.39 is 6.04 Å². The number of carbonyl (C=O) groups excluding carboxylic acids is 2. The van der Waals surface area contributed by atoms with Crippen LogP contribution in [0, 0.1) is 0 Å². The van der Waals surface area contributed by atoms with Crippen LogP contribution in [0.4, 0.5) is 0 Å². The fraction of sp³-hybridized carbons (Fsp3) is 0.333. The lowest BCUT2D eigenvalue weighted by molar-refractivity contribution is -0.142. The Morgan fingerprint density at radius 3 is 2.97 bits per heavy atom. The summed E-state index contributed by atoms with van der Waals surface area (Å²) in [5, 5.41) is 0. The van der Waals surface area contributed by atoms with Crippen molar-refractivity contribution in [2.24, 2.45) is 0 Å². The molecule has 0 N–H and O–H groups in total. The van der Waals surface area contributed by atoms with Crippen LogP contribution in [0.15, 0.2) is 52.2 Å². The summed E-state index contributed by atoms with van der Waals surface area (Å²) in [6.45, 7) is 2.41. The number of thioether (sulfide) groups is 1. The minimum absolute atomic E-state index is 0.0236. The minimum Gasteiger partial charge on any atom is -0.465 e. The number of pyridine rings is 1. The van der Waals surface area contributed by atoms with Crippen LogP contribution in [0.3, 0.4) is 0 Å². The zero-order valence-corrected chi connectivity index (χ0v) is 17.6. The largest absolute Gasteiger partial charge is 0.465 e. The van der Waals surface area contributed by atoms with E-state index in [9.17, 15) is 9.59 Å². The smallest absolute Gasteiger partial charge is 0.267 e. The number of amides is 2. The molecule has 6 nitrogen and oxygen atoms in total. The quantitative estimate of drug-likeness (QED) is 0.542. The molecular formula is C21H21N3O3S2. The average molecular weight is 428 g/mol. The van der Waals surface area contributed by atoms with Gasteiger partial charge in [0.1, 0.15) is 16.1 Å². The highest BCUT2D eigenvalue weighted by atomic mass is 32.2. The third-order valence-corrected chi connectivity index (χ3v) is 6.57. The van der Waals surface area contributed by atoms with Crippen molar-refractivity contribution in [3.8, 4) is 0 Å². The van der Waals surface area contributed by atoms with Gasteiger partial charge in [-0.3, -0.25) is 19.5 Å². The van der Waals surface area contributed by atoms with Crippen LogP contribution >= 0.6 is 24.0 Å². The van der Waals surface area contributed by atoms with Crippen LogP contribution < -0.4 is 0 Å². The van der Waals surface area contributed by atoms with Crippen molar-refractivity contribution >= 4 is 46.2 Å². The van der Waals surface area contributed by atoms with E-state index in [0.29, 0.717) is 21.5 Å². The van der Waals surface area contributed by atoms with E-state index in [-0.39, 0.29) is 17.9 Å². The zero-order valence-electron chi connectivity index (χ0n) is 16.0. The van der Waals surface area contributed by atoms with Gasteiger partial charge < -0.3 is 9.32 Å². The maximum atomic E-state index is 13.4. The highest BCUT2D eigenvalue weighted by molar-refractivity contribution is 8.26. The predicted octanol–water partition coefficient (Wildman–Crippen LogP) is 4.02. The number of likely N-dealkylation sites (tertiary alicyclic amines) is 1. The molecule has 2 amide bonds. The molecule has 29 heavy (non-hydrogen) atoms. The predicted molar refractivity (Wildman–Crippen MR) is 116 cm³/mol. The molecule has 2 aliphatic heterocycles. The Morgan fingerprint density at radius 2 is 2.24 bits per heavy atom. The first-order chi connectivity index (χ1) is 14.1. The molecule has 0 saturated carbocycles. The molecule has 8 heteroatoms. The lowest BCUT2D eigenvalue weighted by atomic mass is 9.95. The molecule has 2 atom stereocenters. The van der Waals surface area contributed by atoms with Crippen LogP contribution in [0.1, 0.15) is 43.6 Å². The number of hydrogen-bond donors (Lipinski definition) is 0. The molecule has 2 aromatic rings. The zero-order chi connectivity index (χ0) is 20.4. The van der Waals surface area contributed by atoms with E-state index >= 15 is 0 Å². The Labute approximate surface area is 179 Å². The molecule has 0 unspecified atom stereocenters. The maximum absolute atomic E-state index is 13.4. The standard InChI is InChI=1S/C21H21N3O3S2/c1-14(24-20(26)18(29-21(24)28)12-16-7-5-11-27-16)19(25)23-10-3-2-8-17(23)15-6-4-9-22-13-15/h4-7,9,11-14,17H,2-3,8,10H2,1H3/b18-12+/t14-,17-/m0/s1.